The highest BCUT2D eigenvalue weighted by Crippen LogP contribution is 2.60. The molecule has 4 fully saturated rings. The summed E-state index contributed by atoms with van der Waals surface area (Å²) in [5, 5.41) is 9.13. The van der Waals surface area contributed by atoms with Crippen molar-refractivity contribution in [2.75, 3.05) is 0 Å². The topological polar surface area (TPSA) is 37.3 Å². The van der Waals surface area contributed by atoms with Gasteiger partial charge in [-0.2, -0.15) is 0 Å². The van der Waals surface area contributed by atoms with Gasteiger partial charge in [-0.15, -0.1) is 0 Å². The second-order valence-corrected chi connectivity index (χ2v) is 7.88. The third kappa shape index (κ3) is 2.11. The summed E-state index contributed by atoms with van der Waals surface area (Å²) in [6.45, 7) is 1.77. The maximum atomic E-state index is 11.1. The van der Waals surface area contributed by atoms with E-state index in [0.29, 0.717) is 5.41 Å². The van der Waals surface area contributed by atoms with Gasteiger partial charge in [-0.25, -0.2) is 0 Å². The van der Waals surface area contributed by atoms with Crippen LogP contribution in [0.5, 0.6) is 0 Å². The maximum Gasteiger partial charge on any atom is 0.310 e. The van der Waals surface area contributed by atoms with Gasteiger partial charge in [0.05, 0.1) is 5.92 Å². The van der Waals surface area contributed by atoms with Gasteiger partial charge in [0, 0.05) is 0 Å². The van der Waals surface area contributed by atoms with Gasteiger partial charge in [0.2, 0.25) is 0 Å². The van der Waals surface area contributed by atoms with E-state index in [4.69, 9.17) is 5.11 Å². The van der Waals surface area contributed by atoms with Crippen LogP contribution in [0.3, 0.4) is 0 Å². The van der Waals surface area contributed by atoms with E-state index in [0.717, 1.165) is 23.3 Å². The number of hydrogen-bond acceptors (Lipinski definition) is 1. The zero-order valence-electron chi connectivity index (χ0n) is 12.7. The summed E-state index contributed by atoms with van der Waals surface area (Å²) in [5.41, 5.74) is 2.82. The van der Waals surface area contributed by atoms with E-state index < -0.39 is 11.9 Å². The Bertz CT molecular complexity index is 522. The van der Waals surface area contributed by atoms with Crippen molar-refractivity contribution in [3.05, 3.63) is 35.4 Å². The second-order valence-electron chi connectivity index (χ2n) is 7.88. The highest BCUT2D eigenvalue weighted by Gasteiger charge is 2.51. The van der Waals surface area contributed by atoms with Crippen LogP contribution in [0.1, 0.15) is 62.5 Å². The molecule has 1 unspecified atom stereocenters. The molecule has 0 spiro atoms. The Balaban J connectivity index is 1.63. The standard InChI is InChI=1S/C19H24O2/c1-12(18(20)21)16-2-4-17(5-3-16)19-9-13-6-14(10-19)8-15(7-13)11-19/h2-5,12-15H,6-11H2,1H3,(H,20,21). The van der Waals surface area contributed by atoms with Crippen LogP contribution in [0, 0.1) is 17.8 Å². The van der Waals surface area contributed by atoms with Crippen LogP contribution in [0.4, 0.5) is 0 Å². The predicted octanol–water partition coefficient (Wildman–Crippen LogP) is 4.34. The van der Waals surface area contributed by atoms with Gasteiger partial charge >= 0.3 is 5.97 Å². The predicted molar refractivity (Wildman–Crippen MR) is 82.3 cm³/mol. The van der Waals surface area contributed by atoms with Crippen LogP contribution >= 0.6 is 0 Å². The van der Waals surface area contributed by atoms with Crippen molar-refractivity contribution in [2.24, 2.45) is 17.8 Å². The average molecular weight is 284 g/mol. The first kappa shape index (κ1) is 13.4. The number of hydrogen-bond donors (Lipinski definition) is 1. The molecule has 0 saturated heterocycles. The molecule has 1 atom stereocenters. The smallest absolute Gasteiger partial charge is 0.310 e. The van der Waals surface area contributed by atoms with Crippen molar-refractivity contribution < 1.29 is 9.90 Å². The Morgan fingerprint density at radius 2 is 1.52 bits per heavy atom. The lowest BCUT2D eigenvalue weighted by molar-refractivity contribution is -0.138. The van der Waals surface area contributed by atoms with Crippen LogP contribution < -0.4 is 0 Å². The molecule has 1 aromatic carbocycles. The van der Waals surface area contributed by atoms with Crippen molar-refractivity contribution in [1.29, 1.82) is 0 Å². The van der Waals surface area contributed by atoms with E-state index >= 15 is 0 Å². The molecule has 1 N–H and O–H groups in total. The summed E-state index contributed by atoms with van der Waals surface area (Å²) >= 11 is 0. The fraction of sp³-hybridized carbons (Fsp3) is 0.632. The number of aliphatic carboxylic acids is 1. The molecule has 2 heteroatoms. The number of carbonyl (C=O) groups is 1. The van der Waals surface area contributed by atoms with Gasteiger partial charge in [0.25, 0.3) is 0 Å². The summed E-state index contributed by atoms with van der Waals surface area (Å²) in [6, 6.07) is 8.54. The fourth-order valence-electron chi connectivity index (χ4n) is 5.73. The van der Waals surface area contributed by atoms with Gasteiger partial charge < -0.3 is 5.11 Å². The van der Waals surface area contributed by atoms with E-state index in [9.17, 15) is 4.79 Å². The molecule has 0 aromatic heterocycles. The Hall–Kier alpha value is -1.31. The molecular formula is C19H24O2. The fourth-order valence-corrected chi connectivity index (χ4v) is 5.73. The lowest BCUT2D eigenvalue weighted by atomic mass is 9.48. The first-order valence-corrected chi connectivity index (χ1v) is 8.39. The van der Waals surface area contributed by atoms with Crippen LogP contribution in [0.25, 0.3) is 0 Å². The first-order valence-electron chi connectivity index (χ1n) is 8.39. The molecule has 1 aromatic rings. The molecular weight excluding hydrogens is 260 g/mol. The van der Waals surface area contributed by atoms with Crippen molar-refractivity contribution in [3.63, 3.8) is 0 Å². The summed E-state index contributed by atoms with van der Waals surface area (Å²) in [5.74, 6) is 1.71. The molecule has 21 heavy (non-hydrogen) atoms. The summed E-state index contributed by atoms with van der Waals surface area (Å²) < 4.78 is 0. The van der Waals surface area contributed by atoms with Crippen molar-refractivity contribution in [3.8, 4) is 0 Å². The lowest BCUT2D eigenvalue weighted by Crippen LogP contribution is -2.48. The molecule has 4 bridgehead atoms. The van der Waals surface area contributed by atoms with Crippen molar-refractivity contribution >= 4 is 5.97 Å². The second kappa shape index (κ2) is 4.59. The molecule has 4 saturated carbocycles. The molecule has 0 amide bonds. The maximum absolute atomic E-state index is 11.1. The van der Waals surface area contributed by atoms with Gasteiger partial charge in [0.1, 0.15) is 0 Å². The highest BCUT2D eigenvalue weighted by atomic mass is 16.4. The largest absolute Gasteiger partial charge is 0.481 e. The monoisotopic (exact) mass is 284 g/mol. The molecule has 0 heterocycles. The van der Waals surface area contributed by atoms with E-state index in [1.165, 1.54) is 44.1 Å². The number of carboxylic acids is 1. The summed E-state index contributed by atoms with van der Waals surface area (Å²) in [6.07, 6.45) is 8.50. The van der Waals surface area contributed by atoms with Gasteiger partial charge in [-0.1, -0.05) is 24.3 Å². The van der Waals surface area contributed by atoms with Crippen LogP contribution in [0.2, 0.25) is 0 Å². The minimum atomic E-state index is -0.738. The van der Waals surface area contributed by atoms with Gasteiger partial charge in [-0.05, 0) is 79.7 Å². The number of carboxylic acid groups (broad SMARTS) is 1. The first-order chi connectivity index (χ1) is 10.1. The minimum Gasteiger partial charge on any atom is -0.481 e. The third-order valence-electron chi connectivity index (χ3n) is 6.43. The summed E-state index contributed by atoms with van der Waals surface area (Å²) in [4.78, 5) is 11.1. The highest BCUT2D eigenvalue weighted by molar-refractivity contribution is 5.75. The molecule has 4 aliphatic carbocycles. The average Bonchev–Trinajstić information content (AvgIpc) is 2.45. The molecule has 2 nitrogen and oxygen atoms in total. The van der Waals surface area contributed by atoms with E-state index in [1.807, 2.05) is 12.1 Å². The quantitative estimate of drug-likeness (QED) is 0.896. The zero-order valence-corrected chi connectivity index (χ0v) is 12.7. The Kier molecular flexibility index (Phi) is 2.92. The van der Waals surface area contributed by atoms with E-state index in [2.05, 4.69) is 12.1 Å². The Morgan fingerprint density at radius 3 is 1.95 bits per heavy atom. The number of benzene rings is 1. The normalized spacial score (nSPS) is 38.4. The number of rotatable bonds is 3. The van der Waals surface area contributed by atoms with E-state index in [1.54, 1.807) is 6.92 Å². The SMILES string of the molecule is CC(C(=O)O)c1ccc(C23CC4CC(CC(C4)C2)C3)cc1. The van der Waals surface area contributed by atoms with Gasteiger partial charge in [-0.3, -0.25) is 4.79 Å². The van der Waals surface area contributed by atoms with Crippen LogP contribution in [-0.2, 0) is 10.2 Å². The summed E-state index contributed by atoms with van der Waals surface area (Å²) in [7, 11) is 0. The lowest BCUT2D eigenvalue weighted by Gasteiger charge is -2.57. The van der Waals surface area contributed by atoms with Crippen LogP contribution in [0.15, 0.2) is 24.3 Å². The molecule has 4 aliphatic rings. The minimum absolute atomic E-state index is 0.407. The Labute approximate surface area is 126 Å². The van der Waals surface area contributed by atoms with Crippen molar-refractivity contribution in [2.45, 2.75) is 56.8 Å². The molecule has 0 aliphatic heterocycles. The van der Waals surface area contributed by atoms with E-state index in [-0.39, 0.29) is 0 Å². The Morgan fingerprint density at radius 1 is 1.05 bits per heavy atom. The van der Waals surface area contributed by atoms with Gasteiger partial charge in [0.15, 0.2) is 0 Å². The zero-order chi connectivity index (χ0) is 14.6. The molecule has 112 valence electrons. The van der Waals surface area contributed by atoms with Crippen molar-refractivity contribution in [1.82, 2.24) is 0 Å². The van der Waals surface area contributed by atoms with Crippen LogP contribution in [-0.4, -0.2) is 11.1 Å². The third-order valence-corrected chi connectivity index (χ3v) is 6.43. The molecule has 0 radical (unpaired) electrons. The molecule has 5 rings (SSSR count).